The van der Waals surface area contributed by atoms with E-state index in [1.54, 1.807) is 11.9 Å². The number of hydrogen-bond acceptors (Lipinski definition) is 5. The summed E-state index contributed by atoms with van der Waals surface area (Å²) in [6, 6.07) is 16.2. The van der Waals surface area contributed by atoms with E-state index >= 15 is 0 Å². The van der Waals surface area contributed by atoms with Crippen LogP contribution in [0.3, 0.4) is 0 Å². The summed E-state index contributed by atoms with van der Waals surface area (Å²) in [4.78, 5) is 11.4. The molecule has 2 aromatic rings. The van der Waals surface area contributed by atoms with Crippen molar-refractivity contribution in [1.29, 1.82) is 0 Å². The predicted octanol–water partition coefficient (Wildman–Crippen LogP) is 5.61. The first-order valence-electron chi connectivity index (χ1n) is 9.82. The third-order valence-electron chi connectivity index (χ3n) is 4.89. The molecule has 5 nitrogen and oxygen atoms in total. The smallest absolute Gasteiger partial charge is 0.206 e. The minimum atomic E-state index is -0.807. The van der Waals surface area contributed by atoms with Crippen LogP contribution < -0.4 is 4.31 Å². The fourth-order valence-electron chi connectivity index (χ4n) is 3.25. The highest BCUT2D eigenvalue weighted by Gasteiger charge is 2.32. The summed E-state index contributed by atoms with van der Waals surface area (Å²) in [5.41, 5.74) is 3.09. The molecule has 1 heterocycles. The molecule has 6 heteroatoms. The first kappa shape index (κ1) is 22.2. The summed E-state index contributed by atoms with van der Waals surface area (Å²) in [5.74, 6) is 0. The van der Waals surface area contributed by atoms with Crippen LogP contribution >= 0.6 is 11.9 Å². The lowest BCUT2D eigenvalue weighted by Crippen LogP contribution is -2.33. The molecule has 2 aromatic carbocycles. The molecule has 0 aromatic heterocycles. The third kappa shape index (κ3) is 5.49. The van der Waals surface area contributed by atoms with Gasteiger partial charge < -0.3 is 9.41 Å². The van der Waals surface area contributed by atoms with Gasteiger partial charge in [0.05, 0.1) is 11.8 Å². The van der Waals surface area contributed by atoms with Gasteiger partial charge in [0.15, 0.2) is 0 Å². The van der Waals surface area contributed by atoms with Crippen molar-refractivity contribution in [3.63, 3.8) is 0 Å². The highest BCUT2D eigenvalue weighted by Crippen LogP contribution is 2.44. The van der Waals surface area contributed by atoms with Crippen molar-refractivity contribution in [2.24, 2.45) is 0 Å². The van der Waals surface area contributed by atoms with Crippen molar-refractivity contribution in [2.75, 3.05) is 17.4 Å². The fraction of sp³-hybridized carbons (Fsp3) is 0.455. The molecule has 152 valence electrons. The summed E-state index contributed by atoms with van der Waals surface area (Å²) in [5, 5.41) is 20.9. The molecule has 0 bridgehead atoms. The topological polar surface area (TPSA) is 66.6 Å². The Morgan fingerprint density at radius 3 is 2.54 bits per heavy atom. The molecule has 0 fully saturated rings. The lowest BCUT2D eigenvalue weighted by Gasteiger charge is -2.39. The molecule has 0 saturated carbocycles. The summed E-state index contributed by atoms with van der Waals surface area (Å²) in [6.45, 7) is 9.15. The fourth-order valence-corrected chi connectivity index (χ4v) is 4.23. The highest BCUT2D eigenvalue weighted by atomic mass is 32.2. The second kappa shape index (κ2) is 9.94. The van der Waals surface area contributed by atoms with Crippen LogP contribution in [-0.4, -0.2) is 23.1 Å². The van der Waals surface area contributed by atoms with Crippen LogP contribution in [0.2, 0.25) is 0 Å². The third-order valence-corrected chi connectivity index (χ3v) is 5.97. The Morgan fingerprint density at radius 2 is 1.89 bits per heavy atom. The Morgan fingerprint density at radius 1 is 1.21 bits per heavy atom. The second-order valence-electron chi connectivity index (χ2n) is 7.28. The van der Waals surface area contributed by atoms with Crippen LogP contribution in [-0.2, 0) is 5.41 Å². The maximum absolute atomic E-state index is 10.6. The summed E-state index contributed by atoms with van der Waals surface area (Å²) >= 11 is 1.72. The lowest BCUT2D eigenvalue weighted by atomic mass is 9.77. The van der Waals surface area contributed by atoms with Crippen molar-refractivity contribution in [3.8, 4) is 0 Å². The molecule has 0 radical (unpaired) electrons. The van der Waals surface area contributed by atoms with E-state index in [4.69, 9.17) is 0 Å². The zero-order chi connectivity index (χ0) is 20.7. The molecule has 1 atom stereocenters. The summed E-state index contributed by atoms with van der Waals surface area (Å²) < 4.78 is 2.29. The van der Waals surface area contributed by atoms with E-state index in [-0.39, 0.29) is 23.3 Å². The SMILES string of the molecule is CC.CC1(C)CCN(Sc2ccccc2)c2ccc(C(O)CC[N+](=O)[O-])cc21. The molecule has 0 amide bonds. The van der Waals surface area contributed by atoms with Crippen LogP contribution in [0.25, 0.3) is 0 Å². The highest BCUT2D eigenvalue weighted by molar-refractivity contribution is 8.00. The molecule has 0 spiro atoms. The maximum Gasteiger partial charge on any atom is 0.206 e. The van der Waals surface area contributed by atoms with Gasteiger partial charge >= 0.3 is 0 Å². The Bertz CT molecular complexity index is 781. The van der Waals surface area contributed by atoms with Crippen LogP contribution in [0.4, 0.5) is 5.69 Å². The molecule has 28 heavy (non-hydrogen) atoms. The number of anilines is 1. The molecule has 1 N–H and O–H groups in total. The zero-order valence-electron chi connectivity index (χ0n) is 17.1. The van der Waals surface area contributed by atoms with Gasteiger partial charge in [-0.1, -0.05) is 58.0 Å². The minimum Gasteiger partial charge on any atom is -0.388 e. The van der Waals surface area contributed by atoms with Crippen LogP contribution in [0.1, 0.15) is 57.8 Å². The Kier molecular flexibility index (Phi) is 7.89. The number of fused-ring (bicyclic) bond motifs is 1. The molecular formula is C22H30N2O3S. The van der Waals surface area contributed by atoms with E-state index in [0.29, 0.717) is 0 Å². The number of rotatable bonds is 6. The van der Waals surface area contributed by atoms with Gasteiger partial charge in [-0.05, 0) is 53.1 Å². The number of hydrogen-bond donors (Lipinski definition) is 1. The number of nitro groups is 1. The molecular weight excluding hydrogens is 372 g/mol. The largest absolute Gasteiger partial charge is 0.388 e. The maximum atomic E-state index is 10.6. The average molecular weight is 403 g/mol. The van der Waals surface area contributed by atoms with E-state index in [1.165, 1.54) is 10.5 Å². The van der Waals surface area contributed by atoms with Gasteiger partial charge in [0.1, 0.15) is 0 Å². The van der Waals surface area contributed by atoms with Gasteiger partial charge in [0, 0.05) is 22.8 Å². The minimum absolute atomic E-state index is 0.00190. The van der Waals surface area contributed by atoms with Crippen molar-refractivity contribution in [1.82, 2.24) is 0 Å². The molecule has 1 aliphatic rings. The molecule has 1 aliphatic heterocycles. The number of benzene rings is 2. The summed E-state index contributed by atoms with van der Waals surface area (Å²) in [6.07, 6.45) is 0.335. The first-order valence-corrected chi connectivity index (χ1v) is 10.6. The van der Waals surface area contributed by atoms with Crippen molar-refractivity contribution < 1.29 is 10.0 Å². The van der Waals surface area contributed by atoms with Crippen LogP contribution in [0.5, 0.6) is 0 Å². The monoisotopic (exact) mass is 402 g/mol. The average Bonchev–Trinajstić information content (AvgIpc) is 2.70. The predicted molar refractivity (Wildman–Crippen MR) is 117 cm³/mol. The van der Waals surface area contributed by atoms with Gasteiger partial charge in [-0.3, -0.25) is 10.1 Å². The van der Waals surface area contributed by atoms with E-state index in [9.17, 15) is 15.2 Å². The van der Waals surface area contributed by atoms with Gasteiger partial charge in [-0.25, -0.2) is 0 Å². The zero-order valence-corrected chi connectivity index (χ0v) is 17.9. The Balaban J connectivity index is 0.00000136. The standard InChI is InChI=1S/C20H24N2O3S.C2H6/c1-20(2)11-13-21(26-16-6-4-3-5-7-16)18-9-8-15(14-17(18)20)19(23)10-12-22(24)25;1-2/h3-9,14,19,23H,10-13H2,1-2H3;1-2H3. The van der Waals surface area contributed by atoms with Crippen molar-refractivity contribution >= 4 is 17.6 Å². The molecule has 1 unspecified atom stereocenters. The van der Waals surface area contributed by atoms with Gasteiger partial charge in [0.2, 0.25) is 6.54 Å². The number of aliphatic hydroxyl groups excluding tert-OH is 1. The number of nitrogens with zero attached hydrogens (tertiary/aromatic N) is 2. The van der Waals surface area contributed by atoms with E-state index in [2.05, 4.69) is 30.3 Å². The van der Waals surface area contributed by atoms with Crippen molar-refractivity contribution in [2.45, 2.75) is 57.0 Å². The Hall–Kier alpha value is -2.05. The first-order chi connectivity index (χ1) is 13.4. The van der Waals surface area contributed by atoms with Crippen molar-refractivity contribution in [3.05, 3.63) is 69.8 Å². The van der Waals surface area contributed by atoms with Gasteiger partial charge in [-0.15, -0.1) is 0 Å². The normalized spacial score (nSPS) is 15.8. The Labute approximate surface area is 172 Å². The molecule has 0 saturated heterocycles. The van der Waals surface area contributed by atoms with Gasteiger partial charge in [-0.2, -0.15) is 0 Å². The molecule has 3 rings (SSSR count). The number of aliphatic hydroxyl groups is 1. The quantitative estimate of drug-likeness (QED) is 0.386. The van der Waals surface area contributed by atoms with Crippen LogP contribution in [0, 0.1) is 10.1 Å². The molecule has 0 aliphatic carbocycles. The lowest BCUT2D eigenvalue weighted by molar-refractivity contribution is -0.482. The van der Waals surface area contributed by atoms with Crippen LogP contribution in [0.15, 0.2) is 53.4 Å². The van der Waals surface area contributed by atoms with E-state index in [1.807, 2.05) is 50.2 Å². The van der Waals surface area contributed by atoms with E-state index in [0.717, 1.165) is 24.2 Å². The van der Waals surface area contributed by atoms with E-state index < -0.39 is 6.10 Å². The van der Waals surface area contributed by atoms with Gasteiger partial charge in [0.25, 0.3) is 0 Å². The second-order valence-corrected chi connectivity index (χ2v) is 8.37. The summed E-state index contributed by atoms with van der Waals surface area (Å²) in [7, 11) is 0.